The fraction of sp³-hybridized carbons (Fsp3) is 0.682. The number of carbonyl (C=O) groups is 1. The molecule has 142 valence electrons. The van der Waals surface area contributed by atoms with Gasteiger partial charge in [-0.2, -0.15) is 0 Å². The van der Waals surface area contributed by atoms with Crippen LogP contribution in [0, 0.1) is 5.92 Å². The maximum Gasteiger partial charge on any atom is 0.223 e. The molecule has 4 heteroatoms. The Hall–Kier alpha value is -1.39. The maximum absolute atomic E-state index is 13.0. The van der Waals surface area contributed by atoms with Crippen LogP contribution in [0.3, 0.4) is 0 Å². The molecule has 0 N–H and O–H groups in total. The van der Waals surface area contributed by atoms with E-state index in [9.17, 15) is 4.79 Å². The van der Waals surface area contributed by atoms with E-state index in [0.717, 1.165) is 25.9 Å². The van der Waals surface area contributed by atoms with Crippen molar-refractivity contribution in [2.24, 2.45) is 5.92 Å². The van der Waals surface area contributed by atoms with Crippen LogP contribution in [-0.2, 0) is 27.1 Å². The third-order valence-corrected chi connectivity index (χ3v) is 6.44. The first-order valence-electron chi connectivity index (χ1n) is 10.2. The van der Waals surface area contributed by atoms with Crippen LogP contribution in [0.1, 0.15) is 62.1 Å². The number of carbonyl (C=O) groups excluding carboxylic acids is 1. The molecule has 2 heterocycles. The molecule has 1 aromatic carbocycles. The van der Waals surface area contributed by atoms with E-state index in [2.05, 4.69) is 32.0 Å². The Kier molecular flexibility index (Phi) is 5.07. The predicted molar refractivity (Wildman–Crippen MR) is 101 cm³/mol. The van der Waals surface area contributed by atoms with Gasteiger partial charge in [-0.25, -0.2) is 0 Å². The Morgan fingerprint density at radius 3 is 2.50 bits per heavy atom. The highest BCUT2D eigenvalue weighted by atomic mass is 16.7. The van der Waals surface area contributed by atoms with Crippen molar-refractivity contribution in [3.8, 4) is 0 Å². The van der Waals surface area contributed by atoms with Gasteiger partial charge in [0.1, 0.15) is 0 Å². The maximum atomic E-state index is 13.0. The van der Waals surface area contributed by atoms with Gasteiger partial charge in [-0.3, -0.25) is 4.79 Å². The normalized spacial score (nSPS) is 22.8. The average Bonchev–Trinajstić information content (AvgIpc) is 3.29. The van der Waals surface area contributed by atoms with Crippen molar-refractivity contribution in [2.45, 2.75) is 64.1 Å². The van der Waals surface area contributed by atoms with Crippen molar-refractivity contribution in [1.82, 2.24) is 4.90 Å². The number of hydrogen-bond acceptors (Lipinski definition) is 3. The summed E-state index contributed by atoms with van der Waals surface area (Å²) in [5.74, 6) is 0.616. The topological polar surface area (TPSA) is 38.8 Å². The molecule has 1 atom stereocenters. The second-order valence-electron chi connectivity index (χ2n) is 8.42. The average molecular weight is 357 g/mol. The first kappa shape index (κ1) is 18.0. The van der Waals surface area contributed by atoms with Crippen molar-refractivity contribution in [3.05, 3.63) is 34.9 Å². The number of likely N-dealkylation sites (tertiary alicyclic amines) is 1. The van der Waals surface area contributed by atoms with Crippen molar-refractivity contribution in [2.75, 3.05) is 26.3 Å². The number of fused-ring (bicyclic) bond motifs is 1. The van der Waals surface area contributed by atoms with Crippen LogP contribution in [0.2, 0.25) is 0 Å². The molecule has 2 aliphatic heterocycles. The summed E-state index contributed by atoms with van der Waals surface area (Å²) < 4.78 is 11.6. The zero-order valence-electron chi connectivity index (χ0n) is 16.1. The fourth-order valence-corrected chi connectivity index (χ4v) is 4.76. The van der Waals surface area contributed by atoms with Crippen LogP contribution in [0.25, 0.3) is 0 Å². The number of ether oxygens (including phenoxy) is 2. The smallest absolute Gasteiger partial charge is 0.223 e. The summed E-state index contributed by atoms with van der Waals surface area (Å²) >= 11 is 0. The second-order valence-corrected chi connectivity index (χ2v) is 8.42. The molecule has 2 fully saturated rings. The minimum atomic E-state index is -0.409. The van der Waals surface area contributed by atoms with Crippen molar-refractivity contribution < 1.29 is 14.3 Å². The molecule has 0 radical (unpaired) electrons. The molecule has 1 spiro atoms. The molecule has 0 bridgehead atoms. The van der Waals surface area contributed by atoms with E-state index in [1.807, 2.05) is 4.90 Å². The van der Waals surface area contributed by atoms with E-state index in [-0.39, 0.29) is 5.91 Å². The zero-order chi connectivity index (χ0) is 18.1. The van der Waals surface area contributed by atoms with Crippen molar-refractivity contribution in [3.63, 3.8) is 0 Å². The molecule has 4 rings (SSSR count). The molecular weight excluding hydrogens is 326 g/mol. The second kappa shape index (κ2) is 7.32. The van der Waals surface area contributed by atoms with Crippen LogP contribution in [0.4, 0.5) is 0 Å². The SMILES string of the molecule is CC(C)C(CC(=O)N1CCC2(CC1)OCCO2)c1ccc2c(c1)CCC2. The van der Waals surface area contributed by atoms with E-state index in [0.29, 0.717) is 31.5 Å². The highest BCUT2D eigenvalue weighted by molar-refractivity contribution is 5.77. The first-order chi connectivity index (χ1) is 12.6. The monoisotopic (exact) mass is 357 g/mol. The minimum absolute atomic E-state index is 0.275. The number of rotatable bonds is 4. The summed E-state index contributed by atoms with van der Waals surface area (Å²) in [4.78, 5) is 15.0. The summed E-state index contributed by atoms with van der Waals surface area (Å²) in [5, 5.41) is 0. The van der Waals surface area contributed by atoms with E-state index >= 15 is 0 Å². The molecular formula is C22H31NO3. The molecule has 2 saturated heterocycles. The third kappa shape index (κ3) is 3.54. The van der Waals surface area contributed by atoms with Gasteiger partial charge in [0, 0.05) is 32.4 Å². The molecule has 4 nitrogen and oxygen atoms in total. The molecule has 0 aromatic heterocycles. The first-order valence-corrected chi connectivity index (χ1v) is 10.2. The molecule has 3 aliphatic rings. The van der Waals surface area contributed by atoms with E-state index < -0.39 is 5.79 Å². The number of aryl methyl sites for hydroxylation is 2. The van der Waals surface area contributed by atoms with E-state index in [4.69, 9.17) is 9.47 Å². The largest absolute Gasteiger partial charge is 0.347 e. The Morgan fingerprint density at radius 1 is 1.12 bits per heavy atom. The van der Waals surface area contributed by atoms with Crippen LogP contribution >= 0.6 is 0 Å². The number of amides is 1. The van der Waals surface area contributed by atoms with E-state index in [1.165, 1.54) is 36.0 Å². The molecule has 1 unspecified atom stereocenters. The lowest BCUT2D eigenvalue weighted by molar-refractivity contribution is -0.187. The van der Waals surface area contributed by atoms with Gasteiger partial charge in [-0.1, -0.05) is 32.0 Å². The molecule has 1 amide bonds. The van der Waals surface area contributed by atoms with Crippen LogP contribution in [-0.4, -0.2) is 42.9 Å². The van der Waals surface area contributed by atoms with Crippen LogP contribution in [0.5, 0.6) is 0 Å². The quantitative estimate of drug-likeness (QED) is 0.825. The lowest BCUT2D eigenvalue weighted by Gasteiger charge is -2.38. The number of piperidine rings is 1. The molecule has 0 saturated carbocycles. The van der Waals surface area contributed by atoms with Crippen molar-refractivity contribution in [1.29, 1.82) is 0 Å². The standard InChI is InChI=1S/C22H31NO3/c1-16(2)20(19-7-6-17-4-3-5-18(17)14-19)15-21(24)23-10-8-22(9-11-23)25-12-13-26-22/h6-7,14,16,20H,3-5,8-13,15H2,1-2H3. The van der Waals surface area contributed by atoms with Gasteiger partial charge in [0.25, 0.3) is 0 Å². The van der Waals surface area contributed by atoms with Gasteiger partial charge in [0.2, 0.25) is 5.91 Å². The van der Waals surface area contributed by atoms with Gasteiger partial charge >= 0.3 is 0 Å². The highest BCUT2D eigenvalue weighted by Gasteiger charge is 2.41. The van der Waals surface area contributed by atoms with Crippen molar-refractivity contribution >= 4 is 5.91 Å². The summed E-state index contributed by atoms with van der Waals surface area (Å²) in [6, 6.07) is 6.91. The molecule has 26 heavy (non-hydrogen) atoms. The highest BCUT2D eigenvalue weighted by Crippen LogP contribution is 2.35. The fourth-order valence-electron chi connectivity index (χ4n) is 4.76. The number of benzene rings is 1. The lowest BCUT2D eigenvalue weighted by atomic mass is 9.84. The number of nitrogens with zero attached hydrogens (tertiary/aromatic N) is 1. The molecule has 1 aromatic rings. The van der Waals surface area contributed by atoms with Gasteiger partial charge in [-0.15, -0.1) is 0 Å². The van der Waals surface area contributed by atoms with Gasteiger partial charge in [0.15, 0.2) is 5.79 Å². The zero-order valence-corrected chi connectivity index (χ0v) is 16.1. The predicted octanol–water partition coefficient (Wildman–Crippen LogP) is 3.67. The van der Waals surface area contributed by atoms with Gasteiger partial charge in [-0.05, 0) is 47.8 Å². The summed E-state index contributed by atoms with van der Waals surface area (Å²) in [6.45, 7) is 7.32. The summed E-state index contributed by atoms with van der Waals surface area (Å²) in [5.41, 5.74) is 4.33. The Labute approximate surface area is 156 Å². The minimum Gasteiger partial charge on any atom is -0.347 e. The van der Waals surface area contributed by atoms with Gasteiger partial charge < -0.3 is 14.4 Å². The molecule has 1 aliphatic carbocycles. The Morgan fingerprint density at radius 2 is 1.81 bits per heavy atom. The third-order valence-electron chi connectivity index (χ3n) is 6.44. The Balaban J connectivity index is 1.41. The Bertz CT molecular complexity index is 653. The summed E-state index contributed by atoms with van der Waals surface area (Å²) in [7, 11) is 0. The lowest BCUT2D eigenvalue weighted by Crippen LogP contribution is -2.47. The van der Waals surface area contributed by atoms with Crippen LogP contribution in [0.15, 0.2) is 18.2 Å². The number of hydrogen-bond donors (Lipinski definition) is 0. The van der Waals surface area contributed by atoms with Crippen LogP contribution < -0.4 is 0 Å². The van der Waals surface area contributed by atoms with Gasteiger partial charge in [0.05, 0.1) is 13.2 Å². The van der Waals surface area contributed by atoms with E-state index in [1.54, 1.807) is 0 Å². The summed E-state index contributed by atoms with van der Waals surface area (Å²) in [6.07, 6.45) is 5.86.